The number of fused-ring (bicyclic) bond motifs is 1. The molecule has 182 valence electrons. The number of benzene rings is 2. The van der Waals surface area contributed by atoms with Crippen LogP contribution in [0.5, 0.6) is 0 Å². The van der Waals surface area contributed by atoms with Crippen LogP contribution in [0.3, 0.4) is 0 Å². The summed E-state index contributed by atoms with van der Waals surface area (Å²) in [4.78, 5) is 22.4. The van der Waals surface area contributed by atoms with Crippen molar-refractivity contribution >= 4 is 17.2 Å². The maximum atomic E-state index is 13.2. The second-order valence-electron chi connectivity index (χ2n) is 10.3. The predicted molar refractivity (Wildman–Crippen MR) is 142 cm³/mol. The van der Waals surface area contributed by atoms with Crippen LogP contribution in [0, 0.1) is 0 Å². The molecule has 0 radical (unpaired) electrons. The number of carbonyl (C=O) groups is 1. The fraction of sp³-hybridized carbons (Fsp3) is 0.345. The summed E-state index contributed by atoms with van der Waals surface area (Å²) >= 11 is 0. The number of aromatic nitrogens is 3. The van der Waals surface area contributed by atoms with Gasteiger partial charge < -0.3 is 9.80 Å². The van der Waals surface area contributed by atoms with Crippen molar-refractivity contribution in [3.05, 3.63) is 95.3 Å². The van der Waals surface area contributed by atoms with Crippen LogP contribution < -0.4 is 4.90 Å². The lowest BCUT2D eigenvalue weighted by Crippen LogP contribution is -2.33. The fourth-order valence-corrected chi connectivity index (χ4v) is 4.08. The molecule has 6 heteroatoms. The lowest BCUT2D eigenvalue weighted by molar-refractivity contribution is 0.0992. The minimum absolute atomic E-state index is 0.0554. The lowest BCUT2D eigenvalue weighted by Gasteiger charge is -2.27. The van der Waals surface area contributed by atoms with E-state index in [1.165, 1.54) is 11.1 Å². The summed E-state index contributed by atoms with van der Waals surface area (Å²) in [5.41, 5.74) is 4.70. The smallest absolute Gasteiger partial charge is 0.168 e. The van der Waals surface area contributed by atoms with Crippen molar-refractivity contribution in [1.29, 1.82) is 0 Å². The van der Waals surface area contributed by atoms with Gasteiger partial charge in [0.05, 0.1) is 18.3 Å². The van der Waals surface area contributed by atoms with Gasteiger partial charge in [0.15, 0.2) is 11.4 Å². The van der Waals surface area contributed by atoms with Crippen LogP contribution in [-0.2, 0) is 18.4 Å². The summed E-state index contributed by atoms with van der Waals surface area (Å²) in [5, 5.41) is 4.53. The van der Waals surface area contributed by atoms with Crippen LogP contribution in [-0.4, -0.2) is 52.5 Å². The molecule has 0 bridgehead atoms. The Morgan fingerprint density at radius 3 is 2.31 bits per heavy atom. The van der Waals surface area contributed by atoms with Crippen molar-refractivity contribution in [2.45, 2.75) is 39.2 Å². The van der Waals surface area contributed by atoms with Crippen LogP contribution in [0.4, 0.5) is 5.82 Å². The van der Waals surface area contributed by atoms with Gasteiger partial charge in [0.25, 0.3) is 0 Å². The number of anilines is 1. The van der Waals surface area contributed by atoms with E-state index in [9.17, 15) is 4.79 Å². The number of nitrogens with zero attached hydrogens (tertiary/aromatic N) is 5. The van der Waals surface area contributed by atoms with Gasteiger partial charge in [-0.3, -0.25) is 4.79 Å². The Kier molecular flexibility index (Phi) is 7.31. The van der Waals surface area contributed by atoms with Gasteiger partial charge in [-0.25, -0.2) is 4.98 Å². The molecule has 0 N–H and O–H groups in total. The maximum Gasteiger partial charge on any atom is 0.168 e. The molecule has 2 aromatic heterocycles. The van der Waals surface area contributed by atoms with E-state index in [2.05, 4.69) is 86.2 Å². The van der Waals surface area contributed by atoms with Gasteiger partial charge in [0.2, 0.25) is 0 Å². The van der Waals surface area contributed by atoms with Crippen molar-refractivity contribution in [2.75, 3.05) is 32.1 Å². The predicted octanol–water partition coefficient (Wildman–Crippen LogP) is 5.02. The molecular formula is C29H35N5O. The molecule has 0 amide bonds. The maximum absolute atomic E-state index is 13.2. The largest absolute Gasteiger partial charge is 0.351 e. The highest BCUT2D eigenvalue weighted by atomic mass is 16.1. The zero-order valence-corrected chi connectivity index (χ0v) is 21.4. The summed E-state index contributed by atoms with van der Waals surface area (Å²) in [5.74, 6) is 1.01. The van der Waals surface area contributed by atoms with Gasteiger partial charge in [0, 0.05) is 37.3 Å². The standard InChI is InChI=1S/C29H35N5O/c1-29(2,3)24-13-11-23(12-14-24)26(35)19-25-20-28(34-27(31-25)15-16-30-34)33(18-17-32(4)5)21-22-9-7-6-8-10-22/h6-16,20H,17-19,21H2,1-5H3. The van der Waals surface area contributed by atoms with Crippen molar-refractivity contribution in [3.8, 4) is 0 Å². The minimum Gasteiger partial charge on any atom is -0.351 e. The van der Waals surface area contributed by atoms with Crippen LogP contribution in [0.2, 0.25) is 0 Å². The highest BCUT2D eigenvalue weighted by Gasteiger charge is 2.18. The van der Waals surface area contributed by atoms with Gasteiger partial charge >= 0.3 is 0 Å². The molecule has 0 aliphatic carbocycles. The van der Waals surface area contributed by atoms with E-state index in [-0.39, 0.29) is 17.6 Å². The molecule has 0 saturated heterocycles. The monoisotopic (exact) mass is 469 g/mol. The zero-order valence-electron chi connectivity index (χ0n) is 21.4. The molecule has 6 nitrogen and oxygen atoms in total. The van der Waals surface area contributed by atoms with Gasteiger partial charge in [-0.2, -0.15) is 9.61 Å². The minimum atomic E-state index is 0.0554. The third-order valence-corrected chi connectivity index (χ3v) is 6.17. The Labute approximate surface area is 208 Å². The fourth-order valence-electron chi connectivity index (χ4n) is 4.08. The molecule has 35 heavy (non-hydrogen) atoms. The number of ketones is 1. The van der Waals surface area contributed by atoms with Gasteiger partial charge in [-0.15, -0.1) is 0 Å². The molecule has 2 aromatic carbocycles. The Morgan fingerprint density at radius 1 is 0.943 bits per heavy atom. The molecule has 4 rings (SSSR count). The van der Waals surface area contributed by atoms with Crippen molar-refractivity contribution in [1.82, 2.24) is 19.5 Å². The second kappa shape index (κ2) is 10.4. The molecule has 4 aromatic rings. The van der Waals surface area contributed by atoms with Gasteiger partial charge in [-0.1, -0.05) is 75.4 Å². The number of rotatable bonds is 9. The SMILES string of the molecule is CN(C)CCN(Cc1ccccc1)c1cc(CC(=O)c2ccc(C(C)(C)C)cc2)nc2ccnn12. The highest BCUT2D eigenvalue weighted by Crippen LogP contribution is 2.24. The van der Waals surface area contributed by atoms with E-state index in [0.717, 1.165) is 36.8 Å². The third kappa shape index (κ3) is 6.14. The molecule has 0 aliphatic rings. The van der Waals surface area contributed by atoms with Crippen molar-refractivity contribution in [3.63, 3.8) is 0 Å². The van der Waals surface area contributed by atoms with Crippen LogP contribution >= 0.6 is 0 Å². The first-order valence-electron chi connectivity index (χ1n) is 12.1. The summed E-state index contributed by atoms with van der Waals surface area (Å²) < 4.78 is 1.87. The van der Waals surface area contributed by atoms with Crippen molar-refractivity contribution < 1.29 is 4.79 Å². The summed E-state index contributed by atoms with van der Waals surface area (Å²) in [6.45, 7) is 8.98. The Hall–Kier alpha value is -3.51. The molecule has 0 spiro atoms. The van der Waals surface area contributed by atoms with E-state index in [4.69, 9.17) is 4.98 Å². The molecule has 0 atom stereocenters. The lowest BCUT2D eigenvalue weighted by atomic mass is 9.86. The Balaban J connectivity index is 1.64. The van der Waals surface area contributed by atoms with E-state index < -0.39 is 0 Å². The molecule has 0 aliphatic heterocycles. The number of carbonyl (C=O) groups excluding carboxylic acids is 1. The molecular weight excluding hydrogens is 434 g/mol. The molecule has 0 unspecified atom stereocenters. The van der Waals surface area contributed by atoms with Crippen LogP contribution in [0.15, 0.2) is 72.9 Å². The number of likely N-dealkylation sites (N-methyl/N-ethyl adjacent to an activating group) is 1. The first-order chi connectivity index (χ1) is 16.7. The van der Waals surface area contributed by atoms with E-state index >= 15 is 0 Å². The number of Topliss-reactive ketones (excluding diaryl/α,β-unsaturated/α-hetero) is 1. The van der Waals surface area contributed by atoms with E-state index in [1.807, 2.05) is 34.8 Å². The Bertz CT molecular complexity index is 1270. The summed E-state index contributed by atoms with van der Waals surface area (Å²) in [6, 6.07) is 22.3. The third-order valence-electron chi connectivity index (χ3n) is 6.17. The zero-order chi connectivity index (χ0) is 25.0. The summed E-state index contributed by atoms with van der Waals surface area (Å²) in [6.07, 6.45) is 2.01. The average Bonchev–Trinajstić information content (AvgIpc) is 3.30. The molecule has 0 fully saturated rings. The molecule has 0 saturated carbocycles. The molecule has 2 heterocycles. The normalized spacial score (nSPS) is 11.8. The van der Waals surface area contributed by atoms with Crippen LogP contribution in [0.1, 0.15) is 48.0 Å². The summed E-state index contributed by atoms with van der Waals surface area (Å²) in [7, 11) is 4.15. The highest BCUT2D eigenvalue weighted by molar-refractivity contribution is 5.97. The topological polar surface area (TPSA) is 53.7 Å². The van der Waals surface area contributed by atoms with Gasteiger partial charge in [-0.05, 0) is 30.6 Å². The first-order valence-corrected chi connectivity index (χ1v) is 12.1. The Morgan fingerprint density at radius 2 is 1.66 bits per heavy atom. The quantitative estimate of drug-likeness (QED) is 0.322. The first kappa shape index (κ1) is 24.6. The van der Waals surface area contributed by atoms with Crippen molar-refractivity contribution in [2.24, 2.45) is 0 Å². The number of hydrogen-bond donors (Lipinski definition) is 0. The van der Waals surface area contributed by atoms with E-state index in [0.29, 0.717) is 5.56 Å². The average molecular weight is 470 g/mol. The van der Waals surface area contributed by atoms with E-state index in [1.54, 1.807) is 6.20 Å². The second-order valence-corrected chi connectivity index (χ2v) is 10.3. The number of hydrogen-bond acceptors (Lipinski definition) is 5. The van der Waals surface area contributed by atoms with Gasteiger partial charge in [0.1, 0.15) is 5.82 Å². The van der Waals surface area contributed by atoms with Crippen LogP contribution in [0.25, 0.3) is 5.65 Å².